The van der Waals surface area contributed by atoms with Crippen molar-refractivity contribution in [2.24, 2.45) is 0 Å². The molecule has 314 valence electrons. The Bertz CT molecular complexity index is 1960. The van der Waals surface area contributed by atoms with Crippen LogP contribution in [0, 0.1) is 0 Å². The number of rotatable bonds is 12. The summed E-state index contributed by atoms with van der Waals surface area (Å²) in [7, 11) is 0.756. The first-order chi connectivity index (χ1) is 26.0. The predicted octanol–water partition coefficient (Wildman–Crippen LogP) is 14.1. The first-order valence-electron chi connectivity index (χ1n) is 21.8. The second-order valence-corrected chi connectivity index (χ2v) is 22.6. The third kappa shape index (κ3) is 9.86. The number of aryl methyl sites for hydroxylation is 1. The second-order valence-electron chi connectivity index (χ2n) is 21.6. The highest BCUT2D eigenvalue weighted by atomic mass is 31.1. The van der Waals surface area contributed by atoms with Gasteiger partial charge in [0, 0.05) is 30.6 Å². The molecule has 1 atom stereocenters. The molecule has 4 rings (SSSR count). The average molecular weight is 797 g/mol. The van der Waals surface area contributed by atoms with E-state index in [1.165, 1.54) is 27.6 Å². The quantitative estimate of drug-likeness (QED) is 0.146. The summed E-state index contributed by atoms with van der Waals surface area (Å²) in [5.41, 5.74) is 9.79. The molecular formula is C52H77O4P. The van der Waals surface area contributed by atoms with Gasteiger partial charge in [0.05, 0.1) is 6.42 Å². The lowest BCUT2D eigenvalue weighted by atomic mass is 9.72. The van der Waals surface area contributed by atoms with Crippen molar-refractivity contribution >= 4 is 25.1 Å². The van der Waals surface area contributed by atoms with E-state index >= 15 is 0 Å². The standard InChI is InChI=1S/C52H77O4P/c1-20-49(12,13)34-28-36-32(5)37-29-35(50(14,15)21-2)31-41(52(18,19)23-4)45(37)57-46(56-44(36)40(30-34)51(16,17)22-3)55-42(53)25-24-33-26-38(47(6,7)8)43(54)39(27-33)48(9,10)11/h26-32,54H,20-25H2,1-19H3. The Morgan fingerprint density at radius 1 is 0.632 bits per heavy atom. The van der Waals surface area contributed by atoms with Gasteiger partial charge in [-0.2, -0.15) is 0 Å². The number of carbonyl (C=O) groups excluding carboxylic acids is 1. The molecule has 0 spiro atoms. The molecular weight excluding hydrogens is 720 g/mol. The van der Waals surface area contributed by atoms with E-state index in [9.17, 15) is 9.90 Å². The van der Waals surface area contributed by atoms with Crippen molar-refractivity contribution < 1.29 is 19.4 Å². The molecule has 0 radical (unpaired) electrons. The van der Waals surface area contributed by atoms with Crippen LogP contribution in [0.5, 0.6) is 11.5 Å². The van der Waals surface area contributed by atoms with Gasteiger partial charge in [0.1, 0.15) is 11.5 Å². The van der Waals surface area contributed by atoms with E-state index in [0.29, 0.717) is 17.8 Å². The fourth-order valence-corrected chi connectivity index (χ4v) is 8.92. The highest BCUT2D eigenvalue weighted by Gasteiger charge is 2.36. The molecule has 3 aromatic carbocycles. The maximum absolute atomic E-state index is 14.1. The molecule has 0 amide bonds. The maximum atomic E-state index is 14.1. The van der Waals surface area contributed by atoms with Crippen LogP contribution in [-0.2, 0) is 48.4 Å². The molecule has 0 saturated heterocycles. The van der Waals surface area contributed by atoms with Gasteiger partial charge >= 0.3 is 11.6 Å². The fourth-order valence-electron chi connectivity index (χ4n) is 7.58. The average Bonchev–Trinajstić information content (AvgIpc) is 3.12. The number of phenolic OH excluding ortho intramolecular Hbond substituents is 1. The van der Waals surface area contributed by atoms with Gasteiger partial charge in [-0.15, -0.1) is 0 Å². The van der Waals surface area contributed by atoms with E-state index in [2.05, 4.69) is 168 Å². The van der Waals surface area contributed by atoms with Crippen LogP contribution in [0.15, 0.2) is 36.4 Å². The Hall–Kier alpha value is -3.10. The minimum atomic E-state index is -0.322. The first-order valence-corrected chi connectivity index (χ1v) is 22.7. The Morgan fingerprint density at radius 2 is 1.07 bits per heavy atom. The first kappa shape index (κ1) is 46.6. The zero-order valence-electron chi connectivity index (χ0n) is 39.4. The number of hydrogen-bond donors (Lipinski definition) is 1. The van der Waals surface area contributed by atoms with Crippen molar-refractivity contribution in [3.63, 3.8) is 0 Å². The van der Waals surface area contributed by atoms with Crippen LogP contribution in [0.4, 0.5) is 0 Å². The van der Waals surface area contributed by atoms with E-state index < -0.39 is 0 Å². The molecule has 0 aliphatic carbocycles. The molecule has 1 unspecified atom stereocenters. The van der Waals surface area contributed by atoms with Gasteiger partial charge in [-0.05, 0) is 104 Å². The topological polar surface area (TPSA) is 55.8 Å². The van der Waals surface area contributed by atoms with Gasteiger partial charge in [-0.3, -0.25) is 4.79 Å². The summed E-state index contributed by atoms with van der Waals surface area (Å²) >= 11 is 0. The van der Waals surface area contributed by atoms with Crippen molar-refractivity contribution in [2.75, 3.05) is 0 Å². The van der Waals surface area contributed by atoms with Crippen LogP contribution in [0.2, 0.25) is 0 Å². The van der Waals surface area contributed by atoms with Crippen molar-refractivity contribution in [3.05, 3.63) is 86.5 Å². The summed E-state index contributed by atoms with van der Waals surface area (Å²) < 4.78 is 13.5. The number of fused-ring (bicyclic) bond motifs is 2. The summed E-state index contributed by atoms with van der Waals surface area (Å²) in [6.45, 7) is 42.8. The maximum Gasteiger partial charge on any atom is 0.320 e. The summed E-state index contributed by atoms with van der Waals surface area (Å²) in [5.74, 6) is 0.890. The van der Waals surface area contributed by atoms with Gasteiger partial charge in [-0.1, -0.05) is 168 Å². The van der Waals surface area contributed by atoms with Gasteiger partial charge in [0.25, 0.3) is 0 Å². The zero-order valence-corrected chi connectivity index (χ0v) is 40.3. The third-order valence-corrected chi connectivity index (χ3v) is 14.8. The zero-order chi connectivity index (χ0) is 43.3. The number of aromatic hydroxyl groups is 1. The second kappa shape index (κ2) is 16.5. The van der Waals surface area contributed by atoms with E-state index in [0.717, 1.165) is 67.5 Å². The SMILES string of the molecule is CCC(C)(C)c1cc2c(c(C(C)(C)CC)c1)OC(OC(=O)CCc1cc(C(C)(C)C)c(O)c(C(C)(C)C)c1)=Pc1c(cc(C(C)(C)CC)cc1C(C)(C)CC)C2C. The lowest BCUT2D eigenvalue weighted by Crippen LogP contribution is -2.31. The number of carbonyl (C=O) groups is 1. The van der Waals surface area contributed by atoms with Gasteiger partial charge < -0.3 is 14.6 Å². The van der Waals surface area contributed by atoms with Crippen molar-refractivity contribution in [1.82, 2.24) is 0 Å². The van der Waals surface area contributed by atoms with Crippen LogP contribution in [0.1, 0.15) is 220 Å². The van der Waals surface area contributed by atoms with Crippen molar-refractivity contribution in [3.8, 4) is 11.5 Å². The fraction of sp³-hybridized carbons (Fsp3) is 0.615. The van der Waals surface area contributed by atoms with Crippen LogP contribution < -0.4 is 10.0 Å². The summed E-state index contributed by atoms with van der Waals surface area (Å²) in [4.78, 5) is 14.1. The molecule has 1 heterocycles. The Balaban J connectivity index is 1.99. The lowest BCUT2D eigenvalue weighted by molar-refractivity contribution is -0.136. The van der Waals surface area contributed by atoms with Gasteiger partial charge in [0.2, 0.25) is 0 Å². The van der Waals surface area contributed by atoms with E-state index in [-0.39, 0.29) is 50.8 Å². The minimum Gasteiger partial charge on any atom is -0.507 e. The van der Waals surface area contributed by atoms with Crippen LogP contribution in [0.3, 0.4) is 0 Å². The molecule has 1 aliphatic heterocycles. The minimum absolute atomic E-state index is 0.0136. The molecule has 0 aromatic heterocycles. The van der Waals surface area contributed by atoms with E-state index in [1.807, 2.05) is 0 Å². The Kier molecular flexibility index (Phi) is 13.5. The van der Waals surface area contributed by atoms with E-state index in [1.54, 1.807) is 0 Å². The number of hydrogen-bond acceptors (Lipinski definition) is 4. The lowest BCUT2D eigenvalue weighted by Gasteiger charge is -2.36. The smallest absolute Gasteiger partial charge is 0.320 e. The van der Waals surface area contributed by atoms with Gasteiger partial charge in [-0.25, -0.2) is 0 Å². The molecule has 1 aliphatic rings. The molecule has 0 saturated carbocycles. The molecule has 5 heteroatoms. The molecule has 1 N–H and O–H groups in total. The molecule has 0 bridgehead atoms. The molecule has 57 heavy (non-hydrogen) atoms. The Labute approximate surface area is 349 Å². The molecule has 4 nitrogen and oxygen atoms in total. The number of esters is 1. The van der Waals surface area contributed by atoms with E-state index in [4.69, 9.17) is 9.47 Å². The van der Waals surface area contributed by atoms with Crippen LogP contribution >= 0.6 is 8.20 Å². The Morgan fingerprint density at radius 3 is 1.53 bits per heavy atom. The van der Waals surface area contributed by atoms with Crippen molar-refractivity contribution in [2.45, 2.75) is 208 Å². The van der Waals surface area contributed by atoms with Gasteiger partial charge in [0.15, 0.2) is 0 Å². The van der Waals surface area contributed by atoms with Crippen molar-refractivity contribution in [1.29, 1.82) is 0 Å². The summed E-state index contributed by atoms with van der Waals surface area (Å²) in [6.07, 6.45) is 4.61. The van der Waals surface area contributed by atoms with Crippen LogP contribution in [-0.4, -0.2) is 16.7 Å². The third-order valence-electron chi connectivity index (χ3n) is 13.7. The van der Waals surface area contributed by atoms with Crippen LogP contribution in [0.25, 0.3) is 0 Å². The summed E-state index contributed by atoms with van der Waals surface area (Å²) in [6, 6.07) is 13.8. The predicted molar refractivity (Wildman–Crippen MR) is 246 cm³/mol. The number of ether oxygens (including phenoxy) is 2. The summed E-state index contributed by atoms with van der Waals surface area (Å²) in [5, 5.41) is 12.5. The molecule has 3 aromatic rings. The monoisotopic (exact) mass is 797 g/mol. The number of phenols is 1. The normalized spacial score (nSPS) is 15.8. The highest BCUT2D eigenvalue weighted by molar-refractivity contribution is 7.48. The molecule has 0 fully saturated rings. The highest BCUT2D eigenvalue weighted by Crippen LogP contribution is 2.48. The number of benzene rings is 3. The largest absolute Gasteiger partial charge is 0.507 e.